The fraction of sp³-hybridized carbons (Fsp3) is 0.438. The third-order valence-corrected chi connectivity index (χ3v) is 4.68. The van der Waals surface area contributed by atoms with E-state index < -0.39 is 0 Å². The smallest absolute Gasteiger partial charge is 0.226 e. The molecule has 1 fully saturated rings. The maximum absolute atomic E-state index is 12.2. The summed E-state index contributed by atoms with van der Waals surface area (Å²) in [6.07, 6.45) is 4.07. The summed E-state index contributed by atoms with van der Waals surface area (Å²) in [6.45, 7) is 3.12. The van der Waals surface area contributed by atoms with Crippen LogP contribution in [0.4, 0.5) is 0 Å². The van der Waals surface area contributed by atoms with E-state index in [4.69, 9.17) is 0 Å². The Morgan fingerprint density at radius 2 is 2.25 bits per heavy atom. The second-order valence-electron chi connectivity index (χ2n) is 5.68. The number of carbonyl (C=O) groups is 1. The number of hydrogen-bond donors (Lipinski definition) is 2. The minimum Gasteiger partial charge on any atom is -0.353 e. The van der Waals surface area contributed by atoms with Crippen LogP contribution in [0, 0.1) is 0 Å². The third kappa shape index (κ3) is 5.70. The Morgan fingerprint density at radius 1 is 1.42 bits per heavy atom. The topological polar surface area (TPSA) is 66.9 Å². The number of pyridine rings is 1. The Morgan fingerprint density at radius 3 is 2.96 bits per heavy atom. The van der Waals surface area contributed by atoms with E-state index in [1.807, 2.05) is 23.6 Å². The van der Waals surface area contributed by atoms with Crippen molar-refractivity contribution in [3.63, 3.8) is 0 Å². The zero-order valence-corrected chi connectivity index (χ0v) is 15.8. The van der Waals surface area contributed by atoms with Crippen molar-refractivity contribution in [2.45, 2.75) is 38.3 Å². The lowest BCUT2D eigenvalue weighted by molar-refractivity contribution is -0.121. The van der Waals surface area contributed by atoms with Crippen LogP contribution < -0.4 is 10.6 Å². The number of piperidine rings is 1. The molecule has 3 heterocycles. The molecule has 2 N–H and O–H groups in total. The molecule has 24 heavy (non-hydrogen) atoms. The normalized spacial score (nSPS) is 19.7. The van der Waals surface area contributed by atoms with Gasteiger partial charge in [0.05, 0.1) is 17.8 Å². The molecule has 132 valence electrons. The molecule has 3 rings (SSSR count). The van der Waals surface area contributed by atoms with E-state index >= 15 is 0 Å². The highest BCUT2D eigenvalue weighted by atomic mass is 35.5. The zero-order valence-electron chi connectivity index (χ0n) is 13.4. The van der Waals surface area contributed by atoms with E-state index in [1.54, 1.807) is 6.20 Å². The number of thiazole rings is 1. The maximum atomic E-state index is 12.2. The van der Waals surface area contributed by atoms with Crippen molar-refractivity contribution in [2.75, 3.05) is 6.54 Å². The molecule has 2 aromatic rings. The lowest BCUT2D eigenvalue weighted by atomic mass is 10.0. The maximum Gasteiger partial charge on any atom is 0.226 e. The summed E-state index contributed by atoms with van der Waals surface area (Å²) in [5, 5.41) is 9.30. The number of halogens is 2. The predicted molar refractivity (Wildman–Crippen MR) is 102 cm³/mol. The number of nitrogens with one attached hydrogen (secondary N) is 2. The molecule has 2 aromatic heterocycles. The van der Waals surface area contributed by atoms with Crippen LogP contribution in [-0.2, 0) is 11.2 Å². The Balaban J connectivity index is 0.00000144. The Bertz CT molecular complexity index is 638. The molecule has 1 amide bonds. The van der Waals surface area contributed by atoms with Gasteiger partial charge in [0.15, 0.2) is 0 Å². The highest BCUT2D eigenvalue weighted by Crippen LogP contribution is 2.21. The Kier molecular flexibility index (Phi) is 8.62. The minimum atomic E-state index is 0. The van der Waals surface area contributed by atoms with Gasteiger partial charge in [-0.1, -0.05) is 6.07 Å². The standard InChI is InChI=1S/C16H20N4OS.2ClH/c1-11-8-12(5-7-17-11)19-15(21)9-13-10-22-16(20-13)14-4-2-3-6-18-14;;/h2-4,6,10-12,17H,5,7-9H2,1H3,(H,19,21);2*1H. The fourth-order valence-corrected chi connectivity index (χ4v) is 3.50. The molecule has 1 saturated heterocycles. The molecular formula is C16H22Cl2N4OS. The monoisotopic (exact) mass is 388 g/mol. The van der Waals surface area contributed by atoms with Gasteiger partial charge < -0.3 is 10.6 Å². The molecule has 8 heteroatoms. The first-order valence-electron chi connectivity index (χ1n) is 7.59. The summed E-state index contributed by atoms with van der Waals surface area (Å²) in [7, 11) is 0. The van der Waals surface area contributed by atoms with E-state index in [1.165, 1.54) is 11.3 Å². The van der Waals surface area contributed by atoms with Gasteiger partial charge in [-0.05, 0) is 38.4 Å². The van der Waals surface area contributed by atoms with Gasteiger partial charge in [-0.2, -0.15) is 0 Å². The number of rotatable bonds is 4. The average molecular weight is 389 g/mol. The van der Waals surface area contributed by atoms with Crippen LogP contribution in [0.2, 0.25) is 0 Å². The molecule has 1 aliphatic rings. The van der Waals surface area contributed by atoms with Crippen LogP contribution in [0.1, 0.15) is 25.5 Å². The van der Waals surface area contributed by atoms with Crippen LogP contribution in [0.3, 0.4) is 0 Å². The number of carbonyl (C=O) groups excluding carboxylic acids is 1. The van der Waals surface area contributed by atoms with E-state index in [0.29, 0.717) is 12.5 Å². The van der Waals surface area contributed by atoms with E-state index in [-0.39, 0.29) is 36.8 Å². The first kappa shape index (κ1) is 20.8. The largest absolute Gasteiger partial charge is 0.353 e. The SMILES string of the molecule is CC1CC(NC(=O)Cc2csc(-c3ccccn3)n2)CCN1.Cl.Cl. The minimum absolute atomic E-state index is 0. The second kappa shape index (κ2) is 9.93. The van der Waals surface area contributed by atoms with Crippen molar-refractivity contribution in [3.05, 3.63) is 35.5 Å². The first-order valence-corrected chi connectivity index (χ1v) is 8.47. The highest BCUT2D eigenvalue weighted by molar-refractivity contribution is 7.13. The Labute approximate surface area is 158 Å². The van der Waals surface area contributed by atoms with Gasteiger partial charge in [0, 0.05) is 23.7 Å². The number of nitrogens with zero attached hydrogens (tertiary/aromatic N) is 2. The van der Waals surface area contributed by atoms with E-state index in [0.717, 1.165) is 35.8 Å². The van der Waals surface area contributed by atoms with Crippen molar-refractivity contribution >= 4 is 42.1 Å². The van der Waals surface area contributed by atoms with Gasteiger partial charge in [-0.3, -0.25) is 9.78 Å². The van der Waals surface area contributed by atoms with Gasteiger partial charge in [0.25, 0.3) is 0 Å². The summed E-state index contributed by atoms with van der Waals surface area (Å²) in [6, 6.07) is 6.49. The van der Waals surface area contributed by atoms with Crippen molar-refractivity contribution in [1.29, 1.82) is 0 Å². The van der Waals surface area contributed by atoms with Crippen molar-refractivity contribution in [2.24, 2.45) is 0 Å². The molecule has 0 saturated carbocycles. The van der Waals surface area contributed by atoms with E-state index in [9.17, 15) is 4.79 Å². The molecule has 1 aliphatic heterocycles. The van der Waals surface area contributed by atoms with Gasteiger partial charge >= 0.3 is 0 Å². The number of amides is 1. The fourth-order valence-electron chi connectivity index (χ4n) is 2.70. The van der Waals surface area contributed by atoms with Crippen LogP contribution >= 0.6 is 36.2 Å². The summed E-state index contributed by atoms with van der Waals surface area (Å²) < 4.78 is 0. The lowest BCUT2D eigenvalue weighted by Gasteiger charge is -2.28. The first-order chi connectivity index (χ1) is 10.7. The van der Waals surface area contributed by atoms with Gasteiger partial charge in [0.1, 0.15) is 5.01 Å². The molecule has 0 spiro atoms. The van der Waals surface area contributed by atoms with Gasteiger partial charge in [-0.15, -0.1) is 36.2 Å². The molecule has 0 aromatic carbocycles. The molecular weight excluding hydrogens is 367 g/mol. The summed E-state index contributed by atoms with van der Waals surface area (Å²) in [5.41, 5.74) is 1.66. The number of aromatic nitrogens is 2. The Hall–Kier alpha value is -1.21. The summed E-state index contributed by atoms with van der Waals surface area (Å²) in [4.78, 5) is 20.9. The lowest BCUT2D eigenvalue weighted by Crippen LogP contribution is -2.46. The quantitative estimate of drug-likeness (QED) is 0.844. The molecule has 0 bridgehead atoms. The molecule has 0 aliphatic carbocycles. The molecule has 5 nitrogen and oxygen atoms in total. The predicted octanol–water partition coefficient (Wildman–Crippen LogP) is 2.85. The molecule has 2 atom stereocenters. The van der Waals surface area contributed by atoms with Crippen LogP contribution in [0.25, 0.3) is 10.7 Å². The van der Waals surface area contributed by atoms with Crippen molar-refractivity contribution < 1.29 is 4.79 Å². The van der Waals surface area contributed by atoms with Crippen LogP contribution in [0.5, 0.6) is 0 Å². The van der Waals surface area contributed by atoms with Crippen LogP contribution in [0.15, 0.2) is 29.8 Å². The van der Waals surface area contributed by atoms with Gasteiger partial charge in [-0.25, -0.2) is 4.98 Å². The average Bonchev–Trinajstić information content (AvgIpc) is 2.96. The summed E-state index contributed by atoms with van der Waals surface area (Å²) >= 11 is 1.53. The highest BCUT2D eigenvalue weighted by Gasteiger charge is 2.20. The summed E-state index contributed by atoms with van der Waals surface area (Å²) in [5.74, 6) is 0.0528. The zero-order chi connectivity index (χ0) is 15.4. The van der Waals surface area contributed by atoms with E-state index in [2.05, 4.69) is 27.5 Å². The molecule has 2 unspecified atom stereocenters. The van der Waals surface area contributed by atoms with Crippen molar-refractivity contribution in [3.8, 4) is 10.7 Å². The third-order valence-electron chi connectivity index (χ3n) is 3.77. The van der Waals surface area contributed by atoms with Crippen LogP contribution in [-0.4, -0.2) is 34.5 Å². The number of hydrogen-bond acceptors (Lipinski definition) is 5. The second-order valence-corrected chi connectivity index (χ2v) is 6.54. The van der Waals surface area contributed by atoms with Gasteiger partial charge in [0.2, 0.25) is 5.91 Å². The molecule has 0 radical (unpaired) electrons. The van der Waals surface area contributed by atoms with Crippen molar-refractivity contribution in [1.82, 2.24) is 20.6 Å².